The van der Waals surface area contributed by atoms with Crippen LogP contribution >= 0.6 is 0 Å². The third kappa shape index (κ3) is 1.91. The zero-order chi connectivity index (χ0) is 15.1. The predicted molar refractivity (Wildman–Crippen MR) is 85.7 cm³/mol. The average molecular weight is 291 g/mol. The Morgan fingerprint density at radius 1 is 1.18 bits per heavy atom. The van der Waals surface area contributed by atoms with Crippen molar-refractivity contribution in [3.8, 4) is 0 Å². The molecule has 4 rings (SSSR count). The minimum atomic E-state index is -0.0286. The number of amides is 1. The fourth-order valence-corrected chi connectivity index (χ4v) is 3.37. The van der Waals surface area contributed by atoms with E-state index in [0.29, 0.717) is 5.69 Å². The summed E-state index contributed by atoms with van der Waals surface area (Å²) < 4.78 is 0. The molecule has 0 saturated heterocycles. The molecule has 1 heterocycles. The lowest BCUT2D eigenvalue weighted by Gasteiger charge is -2.24. The maximum atomic E-state index is 12.9. The SMILES string of the molecule is CN(C(=O)c1n[nH]c2ccccc12)C1CCc2ccccc21. The number of hydrogen-bond donors (Lipinski definition) is 1. The number of para-hydroxylation sites is 1. The smallest absolute Gasteiger partial charge is 0.275 e. The third-order valence-corrected chi connectivity index (χ3v) is 4.56. The van der Waals surface area contributed by atoms with Crippen molar-refractivity contribution in [3.05, 3.63) is 65.4 Å². The number of benzene rings is 2. The van der Waals surface area contributed by atoms with Gasteiger partial charge in [0.1, 0.15) is 0 Å². The number of nitrogens with one attached hydrogen (secondary N) is 1. The summed E-state index contributed by atoms with van der Waals surface area (Å²) in [6.07, 6.45) is 2.00. The monoisotopic (exact) mass is 291 g/mol. The Kier molecular flexibility index (Phi) is 2.96. The molecule has 1 aromatic heterocycles. The number of nitrogens with zero attached hydrogens (tertiary/aromatic N) is 2. The summed E-state index contributed by atoms with van der Waals surface area (Å²) >= 11 is 0. The minimum absolute atomic E-state index is 0.0286. The molecule has 2 aromatic carbocycles. The number of rotatable bonds is 2. The van der Waals surface area contributed by atoms with Crippen LogP contribution in [0.4, 0.5) is 0 Å². The maximum Gasteiger partial charge on any atom is 0.275 e. The first kappa shape index (κ1) is 13.1. The number of aryl methyl sites for hydroxylation is 1. The van der Waals surface area contributed by atoms with Gasteiger partial charge in [0, 0.05) is 12.4 Å². The van der Waals surface area contributed by atoms with Crippen LogP contribution in [-0.4, -0.2) is 28.1 Å². The predicted octanol–water partition coefficient (Wildman–Crippen LogP) is 3.32. The van der Waals surface area contributed by atoms with Crippen molar-refractivity contribution in [2.75, 3.05) is 7.05 Å². The topological polar surface area (TPSA) is 49.0 Å². The van der Waals surface area contributed by atoms with Gasteiger partial charge >= 0.3 is 0 Å². The first-order chi connectivity index (χ1) is 10.8. The summed E-state index contributed by atoms with van der Waals surface area (Å²) in [5.74, 6) is -0.0286. The molecule has 0 bridgehead atoms. The highest BCUT2D eigenvalue weighted by molar-refractivity contribution is 6.04. The molecule has 1 N–H and O–H groups in total. The summed E-state index contributed by atoms with van der Waals surface area (Å²) in [6, 6.07) is 16.2. The van der Waals surface area contributed by atoms with Crippen LogP contribution in [0.5, 0.6) is 0 Å². The zero-order valence-corrected chi connectivity index (χ0v) is 12.4. The van der Waals surface area contributed by atoms with Crippen LogP contribution < -0.4 is 0 Å². The van der Waals surface area contributed by atoms with E-state index in [4.69, 9.17) is 0 Å². The van der Waals surface area contributed by atoms with E-state index in [1.807, 2.05) is 42.3 Å². The van der Waals surface area contributed by atoms with Crippen molar-refractivity contribution >= 4 is 16.8 Å². The molecule has 1 aliphatic rings. The first-order valence-corrected chi connectivity index (χ1v) is 7.54. The lowest BCUT2D eigenvalue weighted by atomic mass is 10.1. The van der Waals surface area contributed by atoms with Crippen LogP contribution in [-0.2, 0) is 6.42 Å². The van der Waals surface area contributed by atoms with Crippen LogP contribution in [0.2, 0.25) is 0 Å². The molecule has 0 saturated carbocycles. The normalized spacial score (nSPS) is 16.7. The fourth-order valence-electron chi connectivity index (χ4n) is 3.37. The molecule has 4 heteroatoms. The van der Waals surface area contributed by atoms with E-state index in [0.717, 1.165) is 23.7 Å². The number of aromatic amines is 1. The third-order valence-electron chi connectivity index (χ3n) is 4.56. The summed E-state index contributed by atoms with van der Waals surface area (Å²) in [6.45, 7) is 0. The molecule has 1 amide bonds. The van der Waals surface area contributed by atoms with Crippen LogP contribution in [0.25, 0.3) is 10.9 Å². The van der Waals surface area contributed by atoms with Crippen molar-refractivity contribution < 1.29 is 4.79 Å². The van der Waals surface area contributed by atoms with Crippen LogP contribution in [0.3, 0.4) is 0 Å². The molecule has 4 nitrogen and oxygen atoms in total. The summed E-state index contributed by atoms with van der Waals surface area (Å²) in [7, 11) is 1.87. The Bertz CT molecular complexity index is 852. The number of aromatic nitrogens is 2. The minimum Gasteiger partial charge on any atom is -0.333 e. The van der Waals surface area contributed by atoms with Crippen LogP contribution in [0.15, 0.2) is 48.5 Å². The van der Waals surface area contributed by atoms with Crippen molar-refractivity contribution in [1.29, 1.82) is 0 Å². The van der Waals surface area contributed by atoms with Crippen molar-refractivity contribution in [3.63, 3.8) is 0 Å². The summed E-state index contributed by atoms with van der Waals surface area (Å²) in [4.78, 5) is 14.7. The van der Waals surface area contributed by atoms with Gasteiger partial charge in [-0.2, -0.15) is 5.10 Å². The maximum absolute atomic E-state index is 12.9. The second kappa shape index (κ2) is 4.98. The Morgan fingerprint density at radius 3 is 2.86 bits per heavy atom. The van der Waals surface area contributed by atoms with E-state index in [1.165, 1.54) is 11.1 Å². The highest BCUT2D eigenvalue weighted by Gasteiger charge is 2.30. The molecular weight excluding hydrogens is 274 g/mol. The first-order valence-electron chi connectivity index (χ1n) is 7.54. The fraction of sp³-hybridized carbons (Fsp3) is 0.222. The quantitative estimate of drug-likeness (QED) is 0.787. The Morgan fingerprint density at radius 2 is 1.95 bits per heavy atom. The average Bonchev–Trinajstić information content (AvgIpc) is 3.17. The molecule has 3 aromatic rings. The molecular formula is C18H17N3O. The van der Waals surface area contributed by atoms with Gasteiger partial charge in [0.05, 0.1) is 11.6 Å². The number of carbonyl (C=O) groups is 1. The lowest BCUT2D eigenvalue weighted by Crippen LogP contribution is -2.30. The van der Waals surface area contributed by atoms with E-state index in [2.05, 4.69) is 28.4 Å². The molecule has 22 heavy (non-hydrogen) atoms. The van der Waals surface area contributed by atoms with Gasteiger partial charge in [0.2, 0.25) is 0 Å². The van der Waals surface area contributed by atoms with Gasteiger partial charge in [-0.15, -0.1) is 0 Å². The van der Waals surface area contributed by atoms with E-state index < -0.39 is 0 Å². The number of carbonyl (C=O) groups excluding carboxylic acids is 1. The zero-order valence-electron chi connectivity index (χ0n) is 12.4. The molecule has 110 valence electrons. The standard InChI is InChI=1S/C18H17N3O/c1-21(16-11-10-12-6-2-3-7-13(12)16)18(22)17-14-8-4-5-9-15(14)19-20-17/h2-9,16H,10-11H2,1H3,(H,19,20). The number of H-pyrrole nitrogens is 1. The highest BCUT2D eigenvalue weighted by atomic mass is 16.2. The second-order valence-corrected chi connectivity index (χ2v) is 5.79. The molecule has 0 fully saturated rings. The molecule has 1 aliphatic carbocycles. The number of fused-ring (bicyclic) bond motifs is 2. The van der Waals surface area contributed by atoms with E-state index in [9.17, 15) is 4.79 Å². The second-order valence-electron chi connectivity index (χ2n) is 5.79. The largest absolute Gasteiger partial charge is 0.333 e. The Hall–Kier alpha value is -2.62. The highest BCUT2D eigenvalue weighted by Crippen LogP contribution is 2.35. The van der Waals surface area contributed by atoms with Crippen molar-refractivity contribution in [1.82, 2.24) is 15.1 Å². The lowest BCUT2D eigenvalue weighted by molar-refractivity contribution is 0.0726. The van der Waals surface area contributed by atoms with Crippen LogP contribution in [0, 0.1) is 0 Å². The van der Waals surface area contributed by atoms with Gasteiger partial charge in [-0.25, -0.2) is 0 Å². The van der Waals surface area contributed by atoms with E-state index >= 15 is 0 Å². The number of hydrogen-bond acceptors (Lipinski definition) is 2. The molecule has 1 atom stereocenters. The van der Waals surface area contributed by atoms with Gasteiger partial charge in [0.25, 0.3) is 5.91 Å². The van der Waals surface area contributed by atoms with Gasteiger partial charge in [0.15, 0.2) is 5.69 Å². The van der Waals surface area contributed by atoms with Gasteiger partial charge in [-0.1, -0.05) is 42.5 Å². The Balaban J connectivity index is 1.69. The molecule has 0 radical (unpaired) electrons. The van der Waals surface area contributed by atoms with Gasteiger partial charge < -0.3 is 4.90 Å². The van der Waals surface area contributed by atoms with E-state index in [1.54, 1.807) is 0 Å². The van der Waals surface area contributed by atoms with Crippen molar-refractivity contribution in [2.45, 2.75) is 18.9 Å². The molecule has 0 spiro atoms. The van der Waals surface area contributed by atoms with Crippen molar-refractivity contribution in [2.24, 2.45) is 0 Å². The van der Waals surface area contributed by atoms with Crippen LogP contribution in [0.1, 0.15) is 34.1 Å². The van der Waals surface area contributed by atoms with Gasteiger partial charge in [-0.05, 0) is 30.0 Å². The summed E-state index contributed by atoms with van der Waals surface area (Å²) in [5, 5.41) is 8.04. The van der Waals surface area contributed by atoms with Gasteiger partial charge in [-0.3, -0.25) is 9.89 Å². The molecule has 1 unspecified atom stereocenters. The summed E-state index contributed by atoms with van der Waals surface area (Å²) in [5.41, 5.74) is 4.01. The van der Waals surface area contributed by atoms with E-state index in [-0.39, 0.29) is 11.9 Å². The molecule has 0 aliphatic heterocycles. The Labute approximate surface area is 128 Å².